The molecule has 32 heavy (non-hydrogen) atoms. The molecule has 0 spiro atoms. The molecule has 0 saturated carbocycles. The number of rotatable bonds is 7. The van der Waals surface area contributed by atoms with Crippen molar-refractivity contribution in [3.63, 3.8) is 0 Å². The standard InChI is InChI=1S/C24H30N6O2/c1-29(2)23-14-19(27-24(28-23)20-15-25-9-10-26-20)18-7-11-30(12-8-18)16-17-5-6-21(31-3)22(13-17)32-4/h5-6,9-10,13-15,18H,7-8,11-12,16H2,1-4H3. The fourth-order valence-corrected chi connectivity index (χ4v) is 4.04. The van der Waals surface area contributed by atoms with Crippen LogP contribution in [0.25, 0.3) is 11.5 Å². The summed E-state index contributed by atoms with van der Waals surface area (Å²) in [6, 6.07) is 8.24. The van der Waals surface area contributed by atoms with Crippen LogP contribution in [0.15, 0.2) is 42.9 Å². The number of benzene rings is 1. The number of methoxy groups -OCH3 is 2. The van der Waals surface area contributed by atoms with Crippen LogP contribution in [0.2, 0.25) is 0 Å². The minimum atomic E-state index is 0.397. The first-order valence-electron chi connectivity index (χ1n) is 10.8. The average molecular weight is 435 g/mol. The summed E-state index contributed by atoms with van der Waals surface area (Å²) < 4.78 is 10.8. The summed E-state index contributed by atoms with van der Waals surface area (Å²) in [7, 11) is 7.33. The fourth-order valence-electron chi connectivity index (χ4n) is 4.04. The zero-order valence-corrected chi connectivity index (χ0v) is 19.2. The Labute approximate surface area is 189 Å². The van der Waals surface area contributed by atoms with Crippen molar-refractivity contribution >= 4 is 5.82 Å². The molecule has 1 fully saturated rings. The summed E-state index contributed by atoms with van der Waals surface area (Å²) in [5.41, 5.74) is 3.00. The Kier molecular flexibility index (Phi) is 6.80. The summed E-state index contributed by atoms with van der Waals surface area (Å²) in [5.74, 6) is 3.45. The van der Waals surface area contributed by atoms with Crippen molar-refractivity contribution in [1.29, 1.82) is 0 Å². The molecule has 0 unspecified atom stereocenters. The summed E-state index contributed by atoms with van der Waals surface area (Å²) >= 11 is 0. The Morgan fingerprint density at radius 3 is 2.44 bits per heavy atom. The second kappa shape index (κ2) is 9.91. The van der Waals surface area contributed by atoms with Crippen molar-refractivity contribution < 1.29 is 9.47 Å². The van der Waals surface area contributed by atoms with E-state index in [4.69, 9.17) is 14.5 Å². The highest BCUT2D eigenvalue weighted by Crippen LogP contribution is 2.32. The zero-order valence-electron chi connectivity index (χ0n) is 19.2. The van der Waals surface area contributed by atoms with Crippen LogP contribution in [0.3, 0.4) is 0 Å². The van der Waals surface area contributed by atoms with Crippen molar-refractivity contribution in [3.05, 3.63) is 54.1 Å². The van der Waals surface area contributed by atoms with Crippen LogP contribution in [0.4, 0.5) is 5.82 Å². The third-order valence-electron chi connectivity index (χ3n) is 5.84. The van der Waals surface area contributed by atoms with E-state index in [2.05, 4.69) is 38.1 Å². The van der Waals surface area contributed by atoms with Gasteiger partial charge >= 0.3 is 0 Å². The molecule has 0 N–H and O–H groups in total. The molecule has 8 nitrogen and oxygen atoms in total. The maximum Gasteiger partial charge on any atom is 0.182 e. The van der Waals surface area contributed by atoms with Gasteiger partial charge in [0, 0.05) is 50.7 Å². The van der Waals surface area contributed by atoms with Gasteiger partial charge < -0.3 is 14.4 Å². The van der Waals surface area contributed by atoms with Crippen LogP contribution in [0, 0.1) is 0 Å². The molecule has 3 aromatic rings. The minimum Gasteiger partial charge on any atom is -0.493 e. The number of ether oxygens (including phenoxy) is 2. The Morgan fingerprint density at radius 1 is 1.00 bits per heavy atom. The van der Waals surface area contributed by atoms with Crippen molar-refractivity contribution in [2.75, 3.05) is 46.3 Å². The quantitative estimate of drug-likeness (QED) is 0.560. The molecule has 1 saturated heterocycles. The van der Waals surface area contributed by atoms with Crippen molar-refractivity contribution in [3.8, 4) is 23.0 Å². The maximum absolute atomic E-state index is 5.45. The molecular weight excluding hydrogens is 404 g/mol. The third-order valence-corrected chi connectivity index (χ3v) is 5.84. The van der Waals surface area contributed by atoms with Gasteiger partial charge in [-0.25, -0.2) is 15.0 Å². The monoisotopic (exact) mass is 434 g/mol. The van der Waals surface area contributed by atoms with E-state index in [0.717, 1.165) is 55.5 Å². The van der Waals surface area contributed by atoms with Crippen LogP contribution < -0.4 is 14.4 Å². The molecule has 168 valence electrons. The van der Waals surface area contributed by atoms with E-state index >= 15 is 0 Å². The van der Waals surface area contributed by atoms with Crippen molar-refractivity contribution in [2.24, 2.45) is 0 Å². The molecule has 1 aliphatic heterocycles. The zero-order chi connectivity index (χ0) is 22.5. The molecule has 0 bridgehead atoms. The lowest BCUT2D eigenvalue weighted by atomic mass is 9.92. The lowest BCUT2D eigenvalue weighted by Gasteiger charge is -2.32. The lowest BCUT2D eigenvalue weighted by Crippen LogP contribution is -2.32. The first kappa shape index (κ1) is 22.0. The summed E-state index contributed by atoms with van der Waals surface area (Å²) in [6.07, 6.45) is 7.15. The van der Waals surface area contributed by atoms with E-state index in [-0.39, 0.29) is 0 Å². The molecule has 0 aliphatic carbocycles. The molecule has 0 radical (unpaired) electrons. The highest BCUT2D eigenvalue weighted by Gasteiger charge is 2.24. The molecular formula is C24H30N6O2. The number of nitrogens with zero attached hydrogens (tertiary/aromatic N) is 6. The number of hydrogen-bond donors (Lipinski definition) is 0. The predicted octanol–water partition coefficient (Wildman–Crippen LogP) is 3.40. The van der Waals surface area contributed by atoms with Gasteiger partial charge in [-0.15, -0.1) is 0 Å². The largest absolute Gasteiger partial charge is 0.493 e. The summed E-state index contributed by atoms with van der Waals surface area (Å²) in [5, 5.41) is 0. The van der Waals surface area contributed by atoms with Crippen LogP contribution in [-0.4, -0.2) is 66.2 Å². The SMILES string of the molecule is COc1ccc(CN2CCC(c3cc(N(C)C)nc(-c4cnccn4)n3)CC2)cc1OC. The van der Waals surface area contributed by atoms with Gasteiger partial charge in [-0.1, -0.05) is 6.07 Å². The van der Waals surface area contributed by atoms with E-state index < -0.39 is 0 Å². The Bertz CT molecular complexity index is 1040. The van der Waals surface area contributed by atoms with Crippen molar-refractivity contribution in [2.45, 2.75) is 25.3 Å². The smallest absolute Gasteiger partial charge is 0.182 e. The number of likely N-dealkylation sites (tertiary alicyclic amines) is 1. The highest BCUT2D eigenvalue weighted by molar-refractivity contribution is 5.52. The minimum absolute atomic E-state index is 0.397. The van der Waals surface area contributed by atoms with E-state index in [1.165, 1.54) is 5.56 Å². The Balaban J connectivity index is 1.46. The average Bonchev–Trinajstić information content (AvgIpc) is 2.84. The van der Waals surface area contributed by atoms with Crippen LogP contribution >= 0.6 is 0 Å². The Hall–Kier alpha value is -3.26. The summed E-state index contributed by atoms with van der Waals surface area (Å²) in [6.45, 7) is 2.92. The van der Waals surface area contributed by atoms with E-state index in [0.29, 0.717) is 17.4 Å². The number of aromatic nitrogens is 4. The molecule has 1 aliphatic rings. The van der Waals surface area contributed by atoms with Gasteiger partial charge in [-0.05, 0) is 43.6 Å². The summed E-state index contributed by atoms with van der Waals surface area (Å²) in [4.78, 5) is 22.6. The number of piperidine rings is 1. The first-order chi connectivity index (χ1) is 15.6. The molecule has 1 aromatic carbocycles. The first-order valence-corrected chi connectivity index (χ1v) is 10.8. The molecule has 0 atom stereocenters. The van der Waals surface area contributed by atoms with Gasteiger partial charge in [0.25, 0.3) is 0 Å². The second-order valence-corrected chi connectivity index (χ2v) is 8.20. The van der Waals surface area contributed by atoms with Gasteiger partial charge in [-0.2, -0.15) is 0 Å². The fraction of sp³-hybridized carbons (Fsp3) is 0.417. The van der Waals surface area contributed by atoms with Gasteiger partial charge in [0.2, 0.25) is 0 Å². The maximum atomic E-state index is 5.45. The van der Waals surface area contributed by atoms with Gasteiger partial charge in [0.1, 0.15) is 11.5 Å². The Morgan fingerprint density at radius 2 is 1.78 bits per heavy atom. The number of hydrogen-bond acceptors (Lipinski definition) is 8. The molecule has 8 heteroatoms. The van der Waals surface area contributed by atoms with E-state index in [1.54, 1.807) is 32.8 Å². The molecule has 3 heterocycles. The molecule has 4 rings (SSSR count). The highest BCUT2D eigenvalue weighted by atomic mass is 16.5. The van der Waals surface area contributed by atoms with Gasteiger partial charge in [0.05, 0.1) is 20.4 Å². The van der Waals surface area contributed by atoms with Gasteiger partial charge in [0.15, 0.2) is 17.3 Å². The van der Waals surface area contributed by atoms with Crippen LogP contribution in [0.1, 0.15) is 30.0 Å². The second-order valence-electron chi connectivity index (χ2n) is 8.20. The van der Waals surface area contributed by atoms with E-state index in [1.807, 2.05) is 25.1 Å². The van der Waals surface area contributed by atoms with Crippen LogP contribution in [-0.2, 0) is 6.54 Å². The topological polar surface area (TPSA) is 76.5 Å². The van der Waals surface area contributed by atoms with E-state index in [9.17, 15) is 0 Å². The van der Waals surface area contributed by atoms with Crippen molar-refractivity contribution in [1.82, 2.24) is 24.8 Å². The normalized spacial score (nSPS) is 14.9. The molecule has 2 aromatic heterocycles. The van der Waals surface area contributed by atoms with Crippen LogP contribution in [0.5, 0.6) is 11.5 Å². The third kappa shape index (κ3) is 4.96. The number of anilines is 1. The molecule has 0 amide bonds. The van der Waals surface area contributed by atoms with Gasteiger partial charge in [-0.3, -0.25) is 9.88 Å². The predicted molar refractivity (Wildman–Crippen MR) is 124 cm³/mol. The lowest BCUT2D eigenvalue weighted by molar-refractivity contribution is 0.203.